The maximum atomic E-state index is 13.5. The number of hydrazine groups is 1. The van der Waals surface area contributed by atoms with E-state index in [1.54, 1.807) is 50.4 Å². The van der Waals surface area contributed by atoms with E-state index in [1.165, 1.54) is 18.2 Å². The van der Waals surface area contributed by atoms with Crippen LogP contribution in [0.3, 0.4) is 0 Å². The molecule has 1 aliphatic rings. The fourth-order valence-corrected chi connectivity index (χ4v) is 4.32. The Morgan fingerprint density at radius 1 is 1.00 bits per heavy atom. The fraction of sp³-hybridized carbons (Fsp3) is 0.100. The predicted molar refractivity (Wildman–Crippen MR) is 148 cm³/mol. The van der Waals surface area contributed by atoms with E-state index in [-0.39, 0.29) is 22.8 Å². The molecule has 4 aromatic carbocycles. The summed E-state index contributed by atoms with van der Waals surface area (Å²) in [5.74, 6) is -0.642. The molecule has 9 heteroatoms. The normalized spacial score (nSPS) is 14.8. The highest BCUT2D eigenvalue weighted by molar-refractivity contribution is 6.20. The summed E-state index contributed by atoms with van der Waals surface area (Å²) >= 11 is 0. The Labute approximate surface area is 224 Å². The number of benzene rings is 4. The van der Waals surface area contributed by atoms with Gasteiger partial charge in [0.05, 0.1) is 23.5 Å². The summed E-state index contributed by atoms with van der Waals surface area (Å²) in [5, 5.41) is 14.5. The van der Waals surface area contributed by atoms with Crippen LogP contribution in [0, 0.1) is 10.1 Å². The van der Waals surface area contributed by atoms with E-state index in [1.807, 2.05) is 42.5 Å². The molecular weight excluding hydrogens is 496 g/mol. The molecule has 0 fully saturated rings. The molecule has 2 amide bonds. The molecule has 1 aliphatic heterocycles. The zero-order valence-electron chi connectivity index (χ0n) is 21.2. The number of ether oxygens (including phenoxy) is 1. The van der Waals surface area contributed by atoms with Crippen molar-refractivity contribution in [3.8, 4) is 5.75 Å². The van der Waals surface area contributed by atoms with Crippen molar-refractivity contribution in [1.29, 1.82) is 0 Å². The van der Waals surface area contributed by atoms with Gasteiger partial charge in [-0.25, -0.2) is 4.99 Å². The number of hydrogen-bond acceptors (Lipinski definition) is 6. The van der Waals surface area contributed by atoms with Crippen molar-refractivity contribution in [2.24, 2.45) is 4.99 Å². The van der Waals surface area contributed by atoms with E-state index in [0.29, 0.717) is 5.56 Å². The highest BCUT2D eigenvalue weighted by Gasteiger charge is 2.34. The van der Waals surface area contributed by atoms with Crippen LogP contribution < -0.4 is 10.2 Å². The van der Waals surface area contributed by atoms with Crippen LogP contribution in [0.1, 0.15) is 29.5 Å². The summed E-state index contributed by atoms with van der Waals surface area (Å²) in [6.07, 6.45) is 1.36. The Hall–Kier alpha value is -5.31. The van der Waals surface area contributed by atoms with E-state index in [2.05, 4.69) is 10.4 Å². The Balaban J connectivity index is 1.45. The van der Waals surface area contributed by atoms with Gasteiger partial charge in [0.2, 0.25) is 5.91 Å². The summed E-state index contributed by atoms with van der Waals surface area (Å²) in [6.45, 7) is 1.75. The molecule has 39 heavy (non-hydrogen) atoms. The lowest BCUT2D eigenvalue weighted by molar-refractivity contribution is -0.385. The van der Waals surface area contributed by atoms with Crippen LogP contribution in [0.2, 0.25) is 0 Å². The number of carbonyl (C=O) groups excluding carboxylic acids is 2. The van der Waals surface area contributed by atoms with Gasteiger partial charge in [0.15, 0.2) is 5.84 Å². The van der Waals surface area contributed by atoms with Crippen molar-refractivity contribution in [1.82, 2.24) is 10.4 Å². The van der Waals surface area contributed by atoms with E-state index in [9.17, 15) is 19.7 Å². The van der Waals surface area contributed by atoms with Gasteiger partial charge < -0.3 is 4.74 Å². The average Bonchev–Trinajstić information content (AvgIpc) is 3.26. The monoisotopic (exact) mass is 520 g/mol. The number of fused-ring (bicyclic) bond motifs is 1. The zero-order valence-corrected chi connectivity index (χ0v) is 21.2. The zero-order chi connectivity index (χ0) is 27.5. The van der Waals surface area contributed by atoms with Crippen LogP contribution in [0.25, 0.3) is 16.8 Å². The van der Waals surface area contributed by atoms with E-state index < -0.39 is 22.7 Å². The van der Waals surface area contributed by atoms with Gasteiger partial charge in [-0.05, 0) is 47.5 Å². The van der Waals surface area contributed by atoms with Crippen LogP contribution in [-0.4, -0.2) is 34.7 Å². The Bertz CT molecular complexity index is 1660. The number of nitro benzene ring substituents is 1. The second kappa shape index (κ2) is 10.6. The topological polar surface area (TPSA) is 114 Å². The van der Waals surface area contributed by atoms with Gasteiger partial charge in [-0.15, -0.1) is 0 Å². The molecule has 9 nitrogen and oxygen atoms in total. The number of amides is 2. The van der Waals surface area contributed by atoms with Crippen LogP contribution in [0.4, 0.5) is 5.69 Å². The van der Waals surface area contributed by atoms with Crippen LogP contribution >= 0.6 is 0 Å². The quantitative estimate of drug-likeness (QED) is 0.204. The molecule has 0 bridgehead atoms. The molecule has 0 aromatic heterocycles. The van der Waals surface area contributed by atoms with Crippen LogP contribution in [0.5, 0.6) is 5.75 Å². The molecular formula is C30H24N4O5. The molecule has 0 radical (unpaired) electrons. The maximum absolute atomic E-state index is 13.5. The van der Waals surface area contributed by atoms with Crippen molar-refractivity contribution in [3.05, 3.63) is 123 Å². The lowest BCUT2D eigenvalue weighted by Crippen LogP contribution is -2.48. The summed E-state index contributed by atoms with van der Waals surface area (Å²) in [4.78, 5) is 42.3. The van der Waals surface area contributed by atoms with Crippen molar-refractivity contribution in [2.75, 3.05) is 7.11 Å². The lowest BCUT2D eigenvalue weighted by atomic mass is 9.97. The third-order valence-electron chi connectivity index (χ3n) is 6.50. The minimum absolute atomic E-state index is 0.0317. The van der Waals surface area contributed by atoms with E-state index >= 15 is 0 Å². The molecule has 1 atom stereocenters. The fourth-order valence-electron chi connectivity index (χ4n) is 4.32. The van der Waals surface area contributed by atoms with Gasteiger partial charge in [0.1, 0.15) is 11.4 Å². The van der Waals surface area contributed by atoms with Gasteiger partial charge >= 0.3 is 0 Å². The number of para-hydroxylation sites is 1. The van der Waals surface area contributed by atoms with Crippen molar-refractivity contribution in [3.63, 3.8) is 0 Å². The van der Waals surface area contributed by atoms with Gasteiger partial charge in [-0.3, -0.25) is 25.1 Å². The maximum Gasteiger partial charge on any atom is 0.297 e. The van der Waals surface area contributed by atoms with E-state index in [0.717, 1.165) is 27.1 Å². The number of nitrogens with zero attached hydrogens (tertiary/aromatic N) is 3. The molecule has 1 N–H and O–H groups in total. The number of nitro groups is 1. The Morgan fingerprint density at radius 3 is 2.44 bits per heavy atom. The smallest absolute Gasteiger partial charge is 0.297 e. The number of methoxy groups -OCH3 is 1. The van der Waals surface area contributed by atoms with Crippen molar-refractivity contribution in [2.45, 2.75) is 12.8 Å². The van der Waals surface area contributed by atoms with Gasteiger partial charge in [-0.2, -0.15) is 5.01 Å². The van der Waals surface area contributed by atoms with Gasteiger partial charge in [0.25, 0.3) is 11.6 Å². The van der Waals surface area contributed by atoms with Crippen molar-refractivity contribution >= 4 is 40.2 Å². The third-order valence-corrected chi connectivity index (χ3v) is 6.50. The molecule has 5 rings (SSSR count). The first-order valence-corrected chi connectivity index (χ1v) is 12.2. The number of nitrogens with one attached hydrogen (secondary N) is 1. The summed E-state index contributed by atoms with van der Waals surface area (Å²) < 4.78 is 5.28. The molecule has 0 saturated carbocycles. The van der Waals surface area contributed by atoms with Crippen LogP contribution in [0.15, 0.2) is 102 Å². The first-order chi connectivity index (χ1) is 18.9. The van der Waals surface area contributed by atoms with Crippen LogP contribution in [-0.2, 0) is 9.59 Å². The largest absolute Gasteiger partial charge is 0.497 e. The molecule has 0 saturated heterocycles. The van der Waals surface area contributed by atoms with Crippen molar-refractivity contribution < 1.29 is 19.2 Å². The predicted octanol–water partition coefficient (Wildman–Crippen LogP) is 5.22. The summed E-state index contributed by atoms with van der Waals surface area (Å²) in [7, 11) is 1.61. The van der Waals surface area contributed by atoms with E-state index in [4.69, 9.17) is 4.74 Å². The molecule has 1 heterocycles. The first-order valence-electron chi connectivity index (χ1n) is 12.2. The number of hydrogen-bond donors (Lipinski definition) is 1. The molecule has 0 spiro atoms. The highest BCUT2D eigenvalue weighted by atomic mass is 16.6. The SMILES string of the molecule is COc1ccc2cc(C(C)C(=O)NN3C(=O)/C(=C\c4ccccc4[N+](=O)[O-])N=C3c3ccccc3)ccc2c1. The Morgan fingerprint density at radius 2 is 1.69 bits per heavy atom. The first kappa shape index (κ1) is 25.3. The highest BCUT2D eigenvalue weighted by Crippen LogP contribution is 2.28. The molecule has 0 aliphatic carbocycles. The second-order valence-electron chi connectivity index (χ2n) is 8.96. The van der Waals surface area contributed by atoms with Gasteiger partial charge in [-0.1, -0.05) is 66.7 Å². The minimum Gasteiger partial charge on any atom is -0.497 e. The number of carbonyl (C=O) groups is 2. The standard InChI is InChI=1S/C30H24N4O5/c1-19(21-12-13-23-17-25(39-2)15-14-22(23)16-21)29(35)32-33-28(20-8-4-3-5-9-20)31-26(30(33)36)18-24-10-6-7-11-27(24)34(37)38/h3-19H,1-2H3,(H,32,35)/b26-18+. The third kappa shape index (κ3) is 5.10. The lowest BCUT2D eigenvalue weighted by Gasteiger charge is -2.22. The molecule has 194 valence electrons. The number of rotatable bonds is 7. The molecule has 1 unspecified atom stereocenters. The number of aliphatic imine (C=N–C) groups is 1. The Kier molecular flexibility index (Phi) is 6.88. The molecule has 4 aromatic rings. The number of amidine groups is 1. The average molecular weight is 521 g/mol. The van der Waals surface area contributed by atoms with Gasteiger partial charge in [0, 0.05) is 11.6 Å². The second-order valence-corrected chi connectivity index (χ2v) is 8.96. The summed E-state index contributed by atoms with van der Waals surface area (Å²) in [6, 6.07) is 26.4. The summed E-state index contributed by atoms with van der Waals surface area (Å²) in [5.41, 5.74) is 4.13. The minimum atomic E-state index is -0.599.